The van der Waals surface area contributed by atoms with Gasteiger partial charge in [-0.05, 0) is 22.0 Å². The lowest BCUT2D eigenvalue weighted by Crippen LogP contribution is -2.39. The highest BCUT2D eigenvalue weighted by Gasteiger charge is 2.26. The number of likely N-dealkylation sites (N-methyl/N-ethyl adjacent to an activating group) is 1. The Kier molecular flexibility index (Phi) is 4.31. The Balaban J connectivity index is 2.86. The van der Waals surface area contributed by atoms with Crippen LogP contribution in [0.25, 0.3) is 0 Å². The normalized spacial score (nSPS) is 12.1. The molecule has 7 heteroatoms. The van der Waals surface area contributed by atoms with Crippen molar-refractivity contribution in [2.24, 2.45) is 0 Å². The highest BCUT2D eigenvalue weighted by Crippen LogP contribution is 2.29. The number of carbonyl (C=O) groups is 2. The molecule has 88 valence electrons. The maximum absolute atomic E-state index is 10.9. The van der Waals surface area contributed by atoms with E-state index < -0.39 is 24.4 Å². The van der Waals surface area contributed by atoms with Crippen LogP contribution in [0.5, 0.6) is 0 Å². The summed E-state index contributed by atoms with van der Waals surface area (Å²) in [5.41, 5.74) is 0. The quantitative estimate of drug-likeness (QED) is 0.868. The minimum atomic E-state index is -1.14. The Bertz CT molecular complexity index is 406. The fraction of sp³-hybridized carbons (Fsp3) is 0.333. The molecule has 0 saturated heterocycles. The van der Waals surface area contributed by atoms with Crippen molar-refractivity contribution in [3.05, 3.63) is 15.9 Å². The van der Waals surface area contributed by atoms with Crippen LogP contribution in [0, 0.1) is 0 Å². The second kappa shape index (κ2) is 5.31. The molecule has 1 rings (SSSR count). The standard InChI is InChI=1S/C9H10BrNO4S/c1-11(7-2-5(10)4-16-7)6(9(14)15)3-8(12)13/h2,4,6H,3H2,1H3,(H,12,13)(H,14,15). The summed E-state index contributed by atoms with van der Waals surface area (Å²) in [6.45, 7) is 0. The van der Waals surface area contributed by atoms with E-state index in [1.807, 2.05) is 5.38 Å². The summed E-state index contributed by atoms with van der Waals surface area (Å²) >= 11 is 4.61. The van der Waals surface area contributed by atoms with Gasteiger partial charge in [0.05, 0.1) is 11.4 Å². The summed E-state index contributed by atoms with van der Waals surface area (Å²) < 4.78 is 0.846. The number of halogens is 1. The number of thiophene rings is 1. The van der Waals surface area contributed by atoms with Crippen LogP contribution >= 0.6 is 27.3 Å². The Morgan fingerprint density at radius 1 is 1.56 bits per heavy atom. The summed E-state index contributed by atoms with van der Waals surface area (Å²) in [5, 5.41) is 20.1. The van der Waals surface area contributed by atoms with Crippen LogP contribution in [-0.2, 0) is 9.59 Å². The minimum absolute atomic E-state index is 0.429. The van der Waals surface area contributed by atoms with Crippen molar-refractivity contribution in [1.29, 1.82) is 0 Å². The molecule has 0 bridgehead atoms. The molecule has 1 heterocycles. The van der Waals surface area contributed by atoms with Crippen molar-refractivity contribution in [1.82, 2.24) is 0 Å². The van der Waals surface area contributed by atoms with Crippen LogP contribution < -0.4 is 4.90 Å². The predicted octanol–water partition coefficient (Wildman–Crippen LogP) is 1.87. The van der Waals surface area contributed by atoms with E-state index in [4.69, 9.17) is 10.2 Å². The van der Waals surface area contributed by atoms with E-state index >= 15 is 0 Å². The fourth-order valence-corrected chi connectivity index (χ4v) is 2.64. The maximum Gasteiger partial charge on any atom is 0.326 e. The van der Waals surface area contributed by atoms with E-state index in [1.165, 1.54) is 16.2 Å². The highest BCUT2D eigenvalue weighted by atomic mass is 79.9. The number of aliphatic carboxylic acids is 2. The van der Waals surface area contributed by atoms with Gasteiger partial charge in [0.1, 0.15) is 6.04 Å². The first-order chi connectivity index (χ1) is 7.41. The van der Waals surface area contributed by atoms with Gasteiger partial charge in [0.2, 0.25) is 0 Å². The smallest absolute Gasteiger partial charge is 0.326 e. The Morgan fingerprint density at radius 3 is 2.56 bits per heavy atom. The largest absolute Gasteiger partial charge is 0.481 e. The molecular weight excluding hydrogens is 298 g/mol. The van der Waals surface area contributed by atoms with E-state index in [1.54, 1.807) is 13.1 Å². The summed E-state index contributed by atoms with van der Waals surface area (Å²) in [6, 6.07) is 0.700. The molecule has 0 radical (unpaired) electrons. The van der Waals surface area contributed by atoms with Gasteiger partial charge in [0.25, 0.3) is 0 Å². The highest BCUT2D eigenvalue weighted by molar-refractivity contribution is 9.10. The lowest BCUT2D eigenvalue weighted by atomic mass is 10.2. The number of anilines is 1. The SMILES string of the molecule is CN(c1cc(Br)cs1)C(CC(=O)O)C(=O)O. The molecule has 0 aliphatic heterocycles. The molecule has 0 amide bonds. The van der Waals surface area contributed by atoms with Crippen LogP contribution in [0.1, 0.15) is 6.42 Å². The second-order valence-corrected chi connectivity index (χ2v) is 4.97. The number of hydrogen-bond donors (Lipinski definition) is 2. The zero-order valence-corrected chi connectivity index (χ0v) is 10.8. The van der Waals surface area contributed by atoms with E-state index in [-0.39, 0.29) is 0 Å². The summed E-state index contributed by atoms with van der Waals surface area (Å²) in [7, 11) is 1.57. The summed E-state index contributed by atoms with van der Waals surface area (Å²) in [4.78, 5) is 23.0. The lowest BCUT2D eigenvalue weighted by Gasteiger charge is -2.23. The van der Waals surface area contributed by atoms with Gasteiger partial charge in [0, 0.05) is 16.9 Å². The molecule has 0 spiro atoms. The van der Waals surface area contributed by atoms with Crippen LogP contribution in [0.3, 0.4) is 0 Å². The zero-order valence-electron chi connectivity index (χ0n) is 8.38. The Labute approximate surface area is 104 Å². The van der Waals surface area contributed by atoms with Gasteiger partial charge in [-0.1, -0.05) is 0 Å². The van der Waals surface area contributed by atoms with Crippen molar-refractivity contribution >= 4 is 44.2 Å². The van der Waals surface area contributed by atoms with E-state index in [0.717, 1.165) is 4.47 Å². The van der Waals surface area contributed by atoms with Gasteiger partial charge < -0.3 is 15.1 Å². The number of rotatable bonds is 5. The van der Waals surface area contributed by atoms with Gasteiger partial charge in [-0.3, -0.25) is 4.79 Å². The molecule has 0 aliphatic carbocycles. The molecular formula is C9H10BrNO4S. The molecule has 0 aliphatic rings. The van der Waals surface area contributed by atoms with Crippen molar-refractivity contribution in [2.45, 2.75) is 12.5 Å². The topological polar surface area (TPSA) is 77.8 Å². The molecule has 1 unspecified atom stereocenters. The maximum atomic E-state index is 10.9. The van der Waals surface area contributed by atoms with Gasteiger partial charge in [-0.2, -0.15) is 0 Å². The number of hydrogen-bond acceptors (Lipinski definition) is 4. The molecule has 0 saturated carbocycles. The lowest BCUT2D eigenvalue weighted by molar-refractivity contribution is -0.145. The fourth-order valence-electron chi connectivity index (χ4n) is 1.20. The molecule has 16 heavy (non-hydrogen) atoms. The summed E-state index contributed by atoms with van der Waals surface area (Å²) in [6.07, 6.45) is -0.429. The minimum Gasteiger partial charge on any atom is -0.481 e. The van der Waals surface area contributed by atoms with Crippen LogP contribution in [0.2, 0.25) is 0 Å². The van der Waals surface area contributed by atoms with Gasteiger partial charge >= 0.3 is 11.9 Å². The number of carboxylic acid groups (broad SMARTS) is 2. The van der Waals surface area contributed by atoms with Crippen LogP contribution in [-0.4, -0.2) is 35.2 Å². The third kappa shape index (κ3) is 3.21. The third-order valence-electron chi connectivity index (χ3n) is 2.02. The first-order valence-electron chi connectivity index (χ1n) is 4.33. The van der Waals surface area contributed by atoms with Crippen molar-refractivity contribution < 1.29 is 19.8 Å². The molecule has 1 aromatic heterocycles. The molecule has 0 fully saturated rings. The van der Waals surface area contributed by atoms with Crippen molar-refractivity contribution in [3.8, 4) is 0 Å². The monoisotopic (exact) mass is 307 g/mol. The van der Waals surface area contributed by atoms with Gasteiger partial charge in [-0.25, -0.2) is 4.79 Å². The molecule has 1 aromatic rings. The van der Waals surface area contributed by atoms with E-state index in [0.29, 0.717) is 5.00 Å². The van der Waals surface area contributed by atoms with Crippen LogP contribution in [0.15, 0.2) is 15.9 Å². The average Bonchev–Trinajstić information content (AvgIpc) is 2.59. The summed E-state index contributed by atoms with van der Waals surface area (Å²) in [5.74, 6) is -2.27. The predicted molar refractivity (Wildman–Crippen MR) is 64.1 cm³/mol. The van der Waals surface area contributed by atoms with Crippen LogP contribution in [0.4, 0.5) is 5.00 Å². The first-order valence-corrected chi connectivity index (χ1v) is 6.00. The van der Waals surface area contributed by atoms with E-state index in [2.05, 4.69) is 15.9 Å². The van der Waals surface area contributed by atoms with Crippen molar-refractivity contribution in [3.63, 3.8) is 0 Å². The Hall–Kier alpha value is -1.08. The zero-order chi connectivity index (χ0) is 12.3. The third-order valence-corrected chi connectivity index (χ3v) is 3.80. The molecule has 0 aromatic carbocycles. The average molecular weight is 308 g/mol. The van der Waals surface area contributed by atoms with Gasteiger partial charge in [0.15, 0.2) is 0 Å². The first kappa shape index (κ1) is 13.0. The molecule has 5 nitrogen and oxygen atoms in total. The molecule has 2 N–H and O–H groups in total. The van der Waals surface area contributed by atoms with E-state index in [9.17, 15) is 9.59 Å². The number of carboxylic acids is 2. The van der Waals surface area contributed by atoms with Gasteiger partial charge in [-0.15, -0.1) is 11.3 Å². The second-order valence-electron chi connectivity index (χ2n) is 3.17. The Morgan fingerprint density at radius 2 is 2.19 bits per heavy atom. The number of nitrogens with zero attached hydrogens (tertiary/aromatic N) is 1. The molecule has 1 atom stereocenters. The van der Waals surface area contributed by atoms with Crippen molar-refractivity contribution in [2.75, 3.05) is 11.9 Å².